The molecule has 2 aromatic carbocycles. The van der Waals surface area contributed by atoms with E-state index < -0.39 is 0 Å². The number of hydrogen-bond donors (Lipinski definition) is 1. The number of anilines is 2. The highest BCUT2D eigenvalue weighted by Crippen LogP contribution is 2.31. The second-order valence-electron chi connectivity index (χ2n) is 4.70. The third-order valence-corrected chi connectivity index (χ3v) is 3.45. The van der Waals surface area contributed by atoms with Crippen molar-refractivity contribution in [3.63, 3.8) is 0 Å². The summed E-state index contributed by atoms with van der Waals surface area (Å²) in [7, 11) is 1.46. The lowest BCUT2D eigenvalue weighted by Crippen LogP contribution is -2.14. The van der Waals surface area contributed by atoms with Gasteiger partial charge in [0.25, 0.3) is 0 Å². The van der Waals surface area contributed by atoms with E-state index in [-0.39, 0.29) is 11.6 Å². The topological polar surface area (TPSA) is 38.5 Å². The number of benzene rings is 2. The molecule has 0 atom stereocenters. The molecule has 1 aliphatic rings. The molecule has 2 aromatic rings. The number of hydrogen-bond acceptors (Lipinski definition) is 3. The van der Waals surface area contributed by atoms with Crippen LogP contribution in [-0.4, -0.2) is 7.11 Å². The molecule has 0 radical (unpaired) electrons. The maximum absolute atomic E-state index is 13.7. The Bertz CT molecular complexity index is 628. The van der Waals surface area contributed by atoms with Crippen LogP contribution < -0.4 is 15.4 Å². The molecule has 19 heavy (non-hydrogen) atoms. The van der Waals surface area contributed by atoms with Gasteiger partial charge in [0.1, 0.15) is 0 Å². The van der Waals surface area contributed by atoms with Crippen LogP contribution in [0.1, 0.15) is 11.1 Å². The monoisotopic (exact) mass is 258 g/mol. The minimum atomic E-state index is -0.338. The molecule has 98 valence electrons. The highest BCUT2D eigenvalue weighted by atomic mass is 19.1. The van der Waals surface area contributed by atoms with E-state index in [0.717, 1.165) is 24.5 Å². The van der Waals surface area contributed by atoms with Gasteiger partial charge in [-0.15, -0.1) is 0 Å². The van der Waals surface area contributed by atoms with Crippen molar-refractivity contribution in [2.75, 3.05) is 17.7 Å². The Kier molecular flexibility index (Phi) is 2.78. The van der Waals surface area contributed by atoms with E-state index in [2.05, 4.69) is 4.90 Å². The fourth-order valence-corrected chi connectivity index (χ4v) is 2.45. The number of nitrogens with zero attached hydrogens (tertiary/aromatic N) is 1. The quantitative estimate of drug-likeness (QED) is 0.842. The molecule has 3 rings (SSSR count). The zero-order chi connectivity index (χ0) is 13.4. The van der Waals surface area contributed by atoms with Crippen LogP contribution in [0.4, 0.5) is 15.8 Å². The summed E-state index contributed by atoms with van der Waals surface area (Å²) >= 11 is 0. The molecule has 0 aromatic heterocycles. The van der Waals surface area contributed by atoms with Crippen molar-refractivity contribution in [2.45, 2.75) is 13.1 Å². The summed E-state index contributed by atoms with van der Waals surface area (Å²) in [5, 5.41) is 0. The number of halogens is 1. The first-order valence-corrected chi connectivity index (χ1v) is 6.13. The molecule has 0 spiro atoms. The number of nitrogen functional groups attached to an aromatic ring is 1. The summed E-state index contributed by atoms with van der Waals surface area (Å²) in [5.41, 5.74) is 9.85. The van der Waals surface area contributed by atoms with Gasteiger partial charge in [0.2, 0.25) is 0 Å². The van der Waals surface area contributed by atoms with Crippen molar-refractivity contribution < 1.29 is 9.13 Å². The van der Waals surface area contributed by atoms with E-state index in [4.69, 9.17) is 10.5 Å². The fourth-order valence-electron chi connectivity index (χ4n) is 2.45. The van der Waals surface area contributed by atoms with Gasteiger partial charge in [-0.2, -0.15) is 0 Å². The molecule has 1 heterocycles. The molecule has 0 bridgehead atoms. The SMILES string of the molecule is COc1ccc(N2Cc3ccc(N)cc3C2)cc1F. The highest BCUT2D eigenvalue weighted by molar-refractivity contribution is 5.56. The summed E-state index contributed by atoms with van der Waals surface area (Å²) in [6, 6.07) is 10.9. The van der Waals surface area contributed by atoms with Crippen LogP contribution in [0.5, 0.6) is 5.75 Å². The number of rotatable bonds is 2. The normalized spacial score (nSPS) is 13.5. The summed E-state index contributed by atoms with van der Waals surface area (Å²) in [5.74, 6) is -0.0693. The van der Waals surface area contributed by atoms with Crippen LogP contribution in [0.15, 0.2) is 36.4 Å². The lowest BCUT2D eigenvalue weighted by Gasteiger charge is -2.18. The molecule has 3 nitrogen and oxygen atoms in total. The maximum atomic E-state index is 13.7. The predicted octanol–water partition coefficient (Wildman–Crippen LogP) is 2.94. The van der Waals surface area contributed by atoms with Crippen LogP contribution in [-0.2, 0) is 13.1 Å². The van der Waals surface area contributed by atoms with Crippen LogP contribution in [0, 0.1) is 5.82 Å². The van der Waals surface area contributed by atoms with Gasteiger partial charge in [0.15, 0.2) is 11.6 Å². The van der Waals surface area contributed by atoms with E-state index in [1.807, 2.05) is 24.3 Å². The van der Waals surface area contributed by atoms with Crippen LogP contribution in [0.2, 0.25) is 0 Å². The van der Waals surface area contributed by atoms with Crippen molar-refractivity contribution in [2.24, 2.45) is 0 Å². The third kappa shape index (κ3) is 2.10. The molecule has 1 aliphatic heterocycles. The van der Waals surface area contributed by atoms with Crippen LogP contribution in [0.25, 0.3) is 0 Å². The van der Waals surface area contributed by atoms with E-state index >= 15 is 0 Å². The van der Waals surface area contributed by atoms with E-state index in [1.54, 1.807) is 6.07 Å². The molecule has 0 saturated heterocycles. The number of methoxy groups -OCH3 is 1. The first kappa shape index (κ1) is 11.8. The van der Waals surface area contributed by atoms with Gasteiger partial charge in [-0.3, -0.25) is 0 Å². The Morgan fingerprint density at radius 1 is 1.11 bits per heavy atom. The molecule has 0 amide bonds. The summed E-state index contributed by atoms with van der Waals surface area (Å²) < 4.78 is 18.7. The standard InChI is InChI=1S/C15H15FN2O/c1-19-15-5-4-13(7-14(15)16)18-8-10-2-3-12(17)6-11(10)9-18/h2-7H,8-9,17H2,1H3. The fraction of sp³-hybridized carbons (Fsp3) is 0.200. The molecule has 0 saturated carbocycles. The minimum Gasteiger partial charge on any atom is -0.494 e. The van der Waals surface area contributed by atoms with Crippen molar-refractivity contribution in [3.8, 4) is 5.75 Å². The van der Waals surface area contributed by atoms with E-state index in [1.165, 1.54) is 24.3 Å². The predicted molar refractivity (Wildman–Crippen MR) is 73.7 cm³/mol. The second kappa shape index (κ2) is 4.46. The third-order valence-electron chi connectivity index (χ3n) is 3.45. The number of ether oxygens (including phenoxy) is 1. The Morgan fingerprint density at radius 3 is 2.63 bits per heavy atom. The van der Waals surface area contributed by atoms with Gasteiger partial charge < -0.3 is 15.4 Å². The average Bonchev–Trinajstić information content (AvgIpc) is 2.81. The molecule has 0 aliphatic carbocycles. The zero-order valence-electron chi connectivity index (χ0n) is 10.7. The highest BCUT2D eigenvalue weighted by Gasteiger charge is 2.20. The smallest absolute Gasteiger partial charge is 0.167 e. The number of nitrogens with two attached hydrogens (primary N) is 1. The van der Waals surface area contributed by atoms with Crippen molar-refractivity contribution in [3.05, 3.63) is 53.3 Å². The summed E-state index contributed by atoms with van der Waals surface area (Å²) in [6.45, 7) is 1.54. The largest absolute Gasteiger partial charge is 0.494 e. The zero-order valence-corrected chi connectivity index (χ0v) is 10.7. The Labute approximate surface area is 111 Å². The minimum absolute atomic E-state index is 0.268. The van der Waals surface area contributed by atoms with Crippen LogP contribution >= 0.6 is 0 Å². The lowest BCUT2D eigenvalue weighted by atomic mass is 10.1. The van der Waals surface area contributed by atoms with Crippen molar-refractivity contribution in [1.29, 1.82) is 0 Å². The Morgan fingerprint density at radius 2 is 1.89 bits per heavy atom. The van der Waals surface area contributed by atoms with E-state index in [0.29, 0.717) is 0 Å². The van der Waals surface area contributed by atoms with Gasteiger partial charge in [-0.05, 0) is 35.4 Å². The lowest BCUT2D eigenvalue weighted by molar-refractivity contribution is 0.386. The molecule has 0 unspecified atom stereocenters. The first-order valence-electron chi connectivity index (χ1n) is 6.13. The molecule has 4 heteroatoms. The van der Waals surface area contributed by atoms with Gasteiger partial charge in [0.05, 0.1) is 7.11 Å². The average molecular weight is 258 g/mol. The summed E-state index contributed by atoms with van der Waals surface area (Å²) in [4.78, 5) is 2.12. The second-order valence-corrected chi connectivity index (χ2v) is 4.70. The maximum Gasteiger partial charge on any atom is 0.167 e. The Balaban J connectivity index is 1.88. The molecule has 0 fully saturated rings. The molecular formula is C15H15FN2O. The molecular weight excluding hydrogens is 243 g/mol. The van der Waals surface area contributed by atoms with Gasteiger partial charge in [-0.25, -0.2) is 4.39 Å². The van der Waals surface area contributed by atoms with Crippen molar-refractivity contribution >= 4 is 11.4 Å². The van der Waals surface area contributed by atoms with Crippen molar-refractivity contribution in [1.82, 2.24) is 0 Å². The van der Waals surface area contributed by atoms with Gasteiger partial charge in [-0.1, -0.05) is 6.07 Å². The van der Waals surface area contributed by atoms with Gasteiger partial charge in [0, 0.05) is 30.5 Å². The van der Waals surface area contributed by atoms with E-state index in [9.17, 15) is 4.39 Å². The molecule has 2 N–H and O–H groups in total. The van der Waals surface area contributed by atoms with Crippen LogP contribution in [0.3, 0.4) is 0 Å². The number of fused-ring (bicyclic) bond motifs is 1. The first-order chi connectivity index (χ1) is 9.17. The van der Waals surface area contributed by atoms with Gasteiger partial charge >= 0.3 is 0 Å². The Hall–Kier alpha value is -2.23. The summed E-state index contributed by atoms with van der Waals surface area (Å²) in [6.07, 6.45) is 0.